The lowest BCUT2D eigenvalue weighted by atomic mass is 9.98. The Bertz CT molecular complexity index is 1960. The second-order valence-corrected chi connectivity index (χ2v) is 11.9. The van der Waals surface area contributed by atoms with E-state index in [1.807, 2.05) is 61.5 Å². The van der Waals surface area contributed by atoms with Gasteiger partial charge in [-0.25, -0.2) is 14.4 Å². The summed E-state index contributed by atoms with van der Waals surface area (Å²) >= 11 is 0. The van der Waals surface area contributed by atoms with E-state index in [2.05, 4.69) is 25.1 Å². The summed E-state index contributed by atoms with van der Waals surface area (Å²) in [6, 6.07) is 16.3. The summed E-state index contributed by atoms with van der Waals surface area (Å²) in [5, 5.41) is 7.65. The van der Waals surface area contributed by atoms with Gasteiger partial charge in [0, 0.05) is 36.5 Å². The first-order valence-electron chi connectivity index (χ1n) is 15.3. The number of ether oxygens (including phenoxy) is 1. The molecule has 1 saturated heterocycles. The number of imidazole rings is 1. The zero-order valence-corrected chi connectivity index (χ0v) is 25.4. The Kier molecular flexibility index (Phi) is 7.97. The first-order valence-corrected chi connectivity index (χ1v) is 15.3. The van der Waals surface area contributed by atoms with Crippen LogP contribution in [0.4, 0.5) is 4.39 Å². The van der Waals surface area contributed by atoms with Gasteiger partial charge in [-0.05, 0) is 93.6 Å². The fourth-order valence-electron chi connectivity index (χ4n) is 6.02. The second-order valence-electron chi connectivity index (χ2n) is 11.9. The molecular formula is C34H36FN9O. The molecule has 230 valence electrons. The number of likely N-dealkylation sites (N-methyl/N-ethyl adjacent to an activating group) is 1. The van der Waals surface area contributed by atoms with Crippen molar-refractivity contribution >= 4 is 22.1 Å². The van der Waals surface area contributed by atoms with Crippen molar-refractivity contribution in [3.05, 3.63) is 78.4 Å². The molecule has 0 spiro atoms. The van der Waals surface area contributed by atoms with Crippen LogP contribution in [0.2, 0.25) is 0 Å². The standard InChI is InChI=1S/C34H36FN9O/c1-43(2)20-27(36)22-14-21(15-24(35)16-22)26-6-5-7-29-31(26)40-34(39-29)33-32-30(41-42-33)9-8-28(38-32)23-17-25(19-37-18-23)45-13-12-44-10-3-4-11-44/h5-9,14-19,27H,3-4,10-13,20,36H2,1-2H3,(H,39,40)(H,41,42). The van der Waals surface area contributed by atoms with Crippen molar-refractivity contribution in [3.63, 3.8) is 0 Å². The summed E-state index contributed by atoms with van der Waals surface area (Å²) in [6.07, 6.45) is 6.04. The maximum atomic E-state index is 14.8. The number of nitrogens with one attached hydrogen (secondary N) is 2. The number of rotatable bonds is 10. The Labute approximate surface area is 260 Å². The number of fused-ring (bicyclic) bond motifs is 2. The first kappa shape index (κ1) is 29.0. The molecule has 1 atom stereocenters. The van der Waals surface area contributed by atoms with Crippen molar-refractivity contribution in [2.75, 3.05) is 46.9 Å². The average Bonchev–Trinajstić information content (AvgIpc) is 3.80. The van der Waals surface area contributed by atoms with E-state index in [-0.39, 0.29) is 11.9 Å². The number of nitrogens with two attached hydrogens (primary N) is 1. The quantitative estimate of drug-likeness (QED) is 0.190. The number of aromatic nitrogens is 6. The molecule has 10 nitrogen and oxygen atoms in total. The molecule has 4 N–H and O–H groups in total. The Balaban J connectivity index is 1.19. The van der Waals surface area contributed by atoms with Gasteiger partial charge in [-0.1, -0.05) is 12.1 Å². The molecule has 5 heterocycles. The van der Waals surface area contributed by atoms with Gasteiger partial charge in [-0.2, -0.15) is 5.10 Å². The van der Waals surface area contributed by atoms with E-state index in [4.69, 9.17) is 20.4 Å². The molecule has 0 bridgehead atoms. The van der Waals surface area contributed by atoms with Crippen LogP contribution >= 0.6 is 0 Å². The van der Waals surface area contributed by atoms with Crippen LogP contribution < -0.4 is 10.5 Å². The van der Waals surface area contributed by atoms with Crippen molar-refractivity contribution in [2.45, 2.75) is 18.9 Å². The van der Waals surface area contributed by atoms with Crippen LogP contribution in [0.3, 0.4) is 0 Å². The number of hydrogen-bond donors (Lipinski definition) is 3. The van der Waals surface area contributed by atoms with Crippen LogP contribution in [0.5, 0.6) is 5.75 Å². The van der Waals surface area contributed by atoms with Gasteiger partial charge in [0.2, 0.25) is 0 Å². The predicted octanol–water partition coefficient (Wildman–Crippen LogP) is 5.41. The maximum Gasteiger partial charge on any atom is 0.161 e. The number of aromatic amines is 2. The summed E-state index contributed by atoms with van der Waals surface area (Å²) < 4.78 is 20.8. The van der Waals surface area contributed by atoms with Crippen LogP contribution in [0.15, 0.2) is 67.0 Å². The summed E-state index contributed by atoms with van der Waals surface area (Å²) in [7, 11) is 3.89. The fourth-order valence-corrected chi connectivity index (χ4v) is 6.02. The lowest BCUT2D eigenvalue weighted by Gasteiger charge is -2.18. The van der Waals surface area contributed by atoms with Gasteiger partial charge < -0.3 is 20.4 Å². The Morgan fingerprint density at radius 1 is 0.978 bits per heavy atom. The second kappa shape index (κ2) is 12.4. The molecule has 1 aliphatic heterocycles. The summed E-state index contributed by atoms with van der Waals surface area (Å²) in [6.45, 7) is 4.42. The Morgan fingerprint density at radius 3 is 2.69 bits per heavy atom. The number of benzene rings is 2. The number of halogens is 1. The minimum absolute atomic E-state index is 0.323. The molecule has 0 radical (unpaired) electrons. The van der Waals surface area contributed by atoms with E-state index in [9.17, 15) is 4.39 Å². The molecule has 11 heteroatoms. The fraction of sp³-hybridized carbons (Fsp3) is 0.294. The maximum absolute atomic E-state index is 14.8. The zero-order chi connectivity index (χ0) is 30.9. The van der Waals surface area contributed by atoms with Crippen molar-refractivity contribution in [3.8, 4) is 39.7 Å². The highest BCUT2D eigenvalue weighted by molar-refractivity contribution is 5.96. The molecule has 6 aromatic rings. The van der Waals surface area contributed by atoms with Crippen molar-refractivity contribution in [1.82, 2.24) is 39.9 Å². The summed E-state index contributed by atoms with van der Waals surface area (Å²) in [5.74, 6) is 0.940. The van der Waals surface area contributed by atoms with Crippen molar-refractivity contribution in [1.29, 1.82) is 0 Å². The molecule has 4 aromatic heterocycles. The third kappa shape index (κ3) is 6.15. The number of likely N-dealkylation sites (tertiary alicyclic amines) is 1. The number of para-hydroxylation sites is 1. The number of hydrogen-bond acceptors (Lipinski definition) is 8. The van der Waals surface area contributed by atoms with Crippen LogP contribution in [0, 0.1) is 5.82 Å². The average molecular weight is 606 g/mol. The van der Waals surface area contributed by atoms with E-state index >= 15 is 0 Å². The van der Waals surface area contributed by atoms with Gasteiger partial charge >= 0.3 is 0 Å². The highest BCUT2D eigenvalue weighted by Crippen LogP contribution is 2.33. The van der Waals surface area contributed by atoms with Gasteiger partial charge in [-0.3, -0.25) is 15.0 Å². The van der Waals surface area contributed by atoms with Crippen LogP contribution in [0.1, 0.15) is 24.4 Å². The summed E-state index contributed by atoms with van der Waals surface area (Å²) in [4.78, 5) is 22.1. The number of H-pyrrole nitrogens is 2. The molecule has 7 rings (SSSR count). The normalized spacial score (nSPS) is 14.6. The smallest absolute Gasteiger partial charge is 0.161 e. The van der Waals surface area contributed by atoms with Gasteiger partial charge in [-0.15, -0.1) is 0 Å². The minimum atomic E-state index is -0.338. The van der Waals surface area contributed by atoms with E-state index in [0.717, 1.165) is 53.1 Å². The molecule has 0 aliphatic carbocycles. The number of nitrogens with zero attached hydrogens (tertiary/aromatic N) is 6. The third-order valence-electron chi connectivity index (χ3n) is 8.25. The molecule has 1 aliphatic rings. The molecule has 1 fully saturated rings. The van der Waals surface area contributed by atoms with Crippen LogP contribution in [-0.2, 0) is 0 Å². The Hall–Kier alpha value is -4.71. The SMILES string of the molecule is CN(C)CC(N)c1cc(F)cc(-c2cccc3[nH]c(-c4n[nH]c5ccc(-c6cncc(OCCN7CCCC7)c6)nc45)nc23)c1. The third-order valence-corrected chi connectivity index (χ3v) is 8.25. The van der Waals surface area contributed by atoms with E-state index < -0.39 is 0 Å². The van der Waals surface area contributed by atoms with Crippen molar-refractivity contribution < 1.29 is 9.13 Å². The van der Waals surface area contributed by atoms with Crippen LogP contribution in [0.25, 0.3) is 56.0 Å². The van der Waals surface area contributed by atoms with Crippen LogP contribution in [-0.4, -0.2) is 86.8 Å². The topological polar surface area (TPSA) is 125 Å². The molecule has 2 aromatic carbocycles. The largest absolute Gasteiger partial charge is 0.491 e. The monoisotopic (exact) mass is 605 g/mol. The Morgan fingerprint density at radius 2 is 1.84 bits per heavy atom. The molecule has 1 unspecified atom stereocenters. The van der Waals surface area contributed by atoms with E-state index in [1.165, 1.54) is 25.0 Å². The molecule has 0 amide bonds. The first-order chi connectivity index (χ1) is 21.9. The highest BCUT2D eigenvalue weighted by atomic mass is 19.1. The van der Waals surface area contributed by atoms with Crippen molar-refractivity contribution in [2.24, 2.45) is 5.73 Å². The minimum Gasteiger partial charge on any atom is -0.491 e. The lowest BCUT2D eigenvalue weighted by molar-refractivity contribution is 0.237. The molecular weight excluding hydrogens is 569 g/mol. The van der Waals surface area contributed by atoms with E-state index in [1.54, 1.807) is 12.4 Å². The van der Waals surface area contributed by atoms with Gasteiger partial charge in [0.15, 0.2) is 11.5 Å². The summed E-state index contributed by atoms with van der Waals surface area (Å²) in [5.41, 5.74) is 13.8. The van der Waals surface area contributed by atoms with Gasteiger partial charge in [0.25, 0.3) is 0 Å². The molecule has 0 saturated carbocycles. The van der Waals surface area contributed by atoms with E-state index in [0.29, 0.717) is 47.0 Å². The molecule has 45 heavy (non-hydrogen) atoms. The zero-order valence-electron chi connectivity index (χ0n) is 25.4. The predicted molar refractivity (Wildman–Crippen MR) is 174 cm³/mol. The highest BCUT2D eigenvalue weighted by Gasteiger charge is 2.19. The van der Waals surface area contributed by atoms with Gasteiger partial charge in [0.1, 0.15) is 23.7 Å². The van der Waals surface area contributed by atoms with Gasteiger partial charge in [0.05, 0.1) is 28.4 Å². The lowest BCUT2D eigenvalue weighted by Crippen LogP contribution is -2.26. The number of pyridine rings is 2.